The van der Waals surface area contributed by atoms with Gasteiger partial charge in [-0.15, -0.1) is 0 Å². The number of aromatic carboxylic acids is 1. The van der Waals surface area contributed by atoms with E-state index in [-0.39, 0.29) is 29.7 Å². The summed E-state index contributed by atoms with van der Waals surface area (Å²) in [7, 11) is 5.62. The van der Waals surface area contributed by atoms with Crippen molar-refractivity contribution < 1.29 is 24.5 Å². The van der Waals surface area contributed by atoms with E-state index < -0.39 is 11.9 Å². The number of phenols is 1. The summed E-state index contributed by atoms with van der Waals surface area (Å²) in [6.07, 6.45) is 0.465. The molecule has 1 atom stereocenters. The number of carbonyl (C=O) groups excluding carboxylic acids is 1. The van der Waals surface area contributed by atoms with Crippen molar-refractivity contribution in [1.29, 1.82) is 0 Å². The fourth-order valence-electron chi connectivity index (χ4n) is 4.62. The maximum atomic E-state index is 13.2. The van der Waals surface area contributed by atoms with Crippen LogP contribution in [0, 0.1) is 0 Å². The number of likely N-dealkylation sites (N-methyl/N-ethyl adjacent to an activating group) is 1. The molecule has 9 heteroatoms. The molecule has 0 bridgehead atoms. The molecule has 4 aromatic rings. The zero-order valence-corrected chi connectivity index (χ0v) is 23.6. The number of hydrogen-bond acceptors (Lipinski definition) is 7. The average Bonchev–Trinajstić information content (AvgIpc) is 2.95. The lowest BCUT2D eigenvalue weighted by Crippen LogP contribution is -2.40. The van der Waals surface area contributed by atoms with Crippen LogP contribution in [0.2, 0.25) is 0 Å². The number of pyridine rings is 1. The molecule has 0 aliphatic rings. The molecule has 0 radical (unpaired) electrons. The van der Waals surface area contributed by atoms with Gasteiger partial charge in [0.15, 0.2) is 0 Å². The minimum atomic E-state index is -1.14. The van der Waals surface area contributed by atoms with Gasteiger partial charge in [-0.2, -0.15) is 0 Å². The molecule has 0 saturated carbocycles. The number of hydrogen-bond donors (Lipinski definition) is 4. The van der Waals surface area contributed by atoms with Crippen molar-refractivity contribution in [1.82, 2.24) is 20.5 Å². The zero-order chi connectivity index (χ0) is 29.4. The molecule has 0 aliphatic carbocycles. The second kappa shape index (κ2) is 13.8. The highest BCUT2D eigenvalue weighted by Crippen LogP contribution is 2.27. The number of nitrogens with one attached hydrogen (secondary N) is 2. The number of carboxylic acids is 1. The van der Waals surface area contributed by atoms with E-state index in [1.165, 1.54) is 6.07 Å². The van der Waals surface area contributed by atoms with E-state index in [4.69, 9.17) is 4.74 Å². The Morgan fingerprint density at radius 2 is 1.73 bits per heavy atom. The first-order valence-electron chi connectivity index (χ1n) is 13.4. The van der Waals surface area contributed by atoms with Gasteiger partial charge in [-0.3, -0.25) is 4.79 Å². The minimum Gasteiger partial charge on any atom is -0.508 e. The second-order valence-corrected chi connectivity index (χ2v) is 10.3. The Hall–Kier alpha value is -4.31. The number of aromatic nitrogens is 1. The summed E-state index contributed by atoms with van der Waals surface area (Å²) in [5.41, 5.74) is 4.30. The van der Waals surface area contributed by atoms with Crippen LogP contribution in [0.15, 0.2) is 72.8 Å². The SMILES string of the molecule is COC[C@H](Cc1ccc(O)cc1)NC(=O)c1cc(C(=O)O)c2cc(-c3cccc(CNCCN(C)C)c3)ccc2n1. The summed E-state index contributed by atoms with van der Waals surface area (Å²) in [6, 6.07) is 21.2. The van der Waals surface area contributed by atoms with Gasteiger partial charge in [0.05, 0.1) is 23.7 Å². The lowest BCUT2D eigenvalue weighted by molar-refractivity contribution is 0.0699. The third-order valence-electron chi connectivity index (χ3n) is 6.72. The van der Waals surface area contributed by atoms with Crippen LogP contribution in [0.5, 0.6) is 5.75 Å². The van der Waals surface area contributed by atoms with Gasteiger partial charge in [0.1, 0.15) is 11.4 Å². The molecule has 1 aromatic heterocycles. The first-order chi connectivity index (χ1) is 19.7. The van der Waals surface area contributed by atoms with Gasteiger partial charge in [0, 0.05) is 32.1 Å². The van der Waals surface area contributed by atoms with E-state index in [0.717, 1.165) is 41.9 Å². The molecule has 9 nitrogen and oxygen atoms in total. The largest absolute Gasteiger partial charge is 0.508 e. The summed E-state index contributed by atoms with van der Waals surface area (Å²) >= 11 is 0. The highest BCUT2D eigenvalue weighted by Gasteiger charge is 2.20. The molecule has 0 fully saturated rings. The van der Waals surface area contributed by atoms with E-state index in [9.17, 15) is 19.8 Å². The van der Waals surface area contributed by atoms with Gasteiger partial charge in [0.25, 0.3) is 5.91 Å². The van der Waals surface area contributed by atoms with Crippen LogP contribution >= 0.6 is 0 Å². The fraction of sp³-hybridized carbons (Fsp3) is 0.281. The number of ether oxygens (including phenoxy) is 1. The molecule has 0 spiro atoms. The fourth-order valence-corrected chi connectivity index (χ4v) is 4.62. The summed E-state index contributed by atoms with van der Waals surface area (Å²) in [4.78, 5) is 32.1. The Morgan fingerprint density at radius 1 is 0.976 bits per heavy atom. The molecule has 0 aliphatic heterocycles. The zero-order valence-electron chi connectivity index (χ0n) is 23.6. The molecule has 4 rings (SSSR count). The van der Waals surface area contributed by atoms with Crippen LogP contribution in [-0.2, 0) is 17.7 Å². The van der Waals surface area contributed by atoms with E-state index in [0.29, 0.717) is 17.3 Å². The van der Waals surface area contributed by atoms with Crippen molar-refractivity contribution in [2.45, 2.75) is 19.0 Å². The van der Waals surface area contributed by atoms with E-state index in [1.54, 1.807) is 37.4 Å². The minimum absolute atomic E-state index is 0.00494. The number of methoxy groups -OCH3 is 1. The normalized spacial score (nSPS) is 12.0. The number of phenolic OH excluding ortho intramolecular Hbond substituents is 1. The van der Waals surface area contributed by atoms with Crippen molar-refractivity contribution in [2.24, 2.45) is 0 Å². The Morgan fingerprint density at radius 3 is 2.44 bits per heavy atom. The molecular weight excluding hydrogens is 520 g/mol. The Balaban J connectivity index is 1.57. The van der Waals surface area contributed by atoms with Crippen molar-refractivity contribution in [3.63, 3.8) is 0 Å². The highest BCUT2D eigenvalue weighted by atomic mass is 16.5. The summed E-state index contributed by atoms with van der Waals surface area (Å²) < 4.78 is 5.28. The maximum Gasteiger partial charge on any atom is 0.336 e. The highest BCUT2D eigenvalue weighted by molar-refractivity contribution is 6.06. The smallest absolute Gasteiger partial charge is 0.336 e. The van der Waals surface area contributed by atoms with Crippen LogP contribution in [0.4, 0.5) is 0 Å². The molecule has 41 heavy (non-hydrogen) atoms. The monoisotopic (exact) mass is 556 g/mol. The third kappa shape index (κ3) is 8.11. The molecule has 0 unspecified atom stereocenters. The van der Waals surface area contributed by atoms with Crippen LogP contribution in [0.25, 0.3) is 22.0 Å². The van der Waals surface area contributed by atoms with Crippen LogP contribution < -0.4 is 10.6 Å². The van der Waals surface area contributed by atoms with Gasteiger partial charge < -0.3 is 30.5 Å². The van der Waals surface area contributed by atoms with Gasteiger partial charge in [-0.05, 0) is 79.2 Å². The predicted molar refractivity (Wildman–Crippen MR) is 159 cm³/mol. The van der Waals surface area contributed by atoms with Crippen molar-refractivity contribution in [3.8, 4) is 16.9 Å². The quantitative estimate of drug-likeness (QED) is 0.183. The first kappa shape index (κ1) is 29.7. The number of nitrogens with zero attached hydrogens (tertiary/aromatic N) is 2. The topological polar surface area (TPSA) is 124 Å². The number of benzene rings is 3. The van der Waals surface area contributed by atoms with Gasteiger partial charge >= 0.3 is 5.97 Å². The molecular formula is C32H36N4O5. The number of rotatable bonds is 13. The molecule has 1 heterocycles. The third-order valence-corrected chi connectivity index (χ3v) is 6.72. The van der Waals surface area contributed by atoms with Crippen LogP contribution in [0.3, 0.4) is 0 Å². The van der Waals surface area contributed by atoms with E-state index in [2.05, 4.69) is 32.7 Å². The van der Waals surface area contributed by atoms with E-state index in [1.807, 2.05) is 38.4 Å². The molecule has 0 saturated heterocycles. The Bertz CT molecular complexity index is 1500. The molecule has 4 N–H and O–H groups in total. The summed E-state index contributed by atoms with van der Waals surface area (Å²) in [6.45, 7) is 2.80. The number of carbonyl (C=O) groups is 2. The van der Waals surface area contributed by atoms with Crippen molar-refractivity contribution in [2.75, 3.05) is 40.9 Å². The lowest BCUT2D eigenvalue weighted by Gasteiger charge is -2.18. The first-order valence-corrected chi connectivity index (χ1v) is 13.4. The summed E-state index contributed by atoms with van der Waals surface area (Å²) in [5, 5.41) is 26.4. The lowest BCUT2D eigenvalue weighted by atomic mass is 9.98. The van der Waals surface area contributed by atoms with Crippen molar-refractivity contribution in [3.05, 3.63) is 95.2 Å². The molecule has 214 valence electrons. The van der Waals surface area contributed by atoms with Gasteiger partial charge in [-0.25, -0.2) is 9.78 Å². The molecule has 3 aromatic carbocycles. The number of fused-ring (bicyclic) bond motifs is 1. The predicted octanol–water partition coefficient (Wildman–Crippen LogP) is 3.94. The summed E-state index contributed by atoms with van der Waals surface area (Å²) in [5.74, 6) is -1.47. The average molecular weight is 557 g/mol. The van der Waals surface area contributed by atoms with Crippen LogP contribution in [0.1, 0.15) is 32.0 Å². The van der Waals surface area contributed by atoms with Gasteiger partial charge in [0.2, 0.25) is 0 Å². The molecule has 1 amide bonds. The Labute approximate surface area is 239 Å². The maximum absolute atomic E-state index is 13.2. The number of aromatic hydroxyl groups is 1. The number of carboxylic acid groups (broad SMARTS) is 1. The van der Waals surface area contributed by atoms with Crippen molar-refractivity contribution >= 4 is 22.8 Å². The van der Waals surface area contributed by atoms with Gasteiger partial charge in [-0.1, -0.05) is 36.4 Å². The second-order valence-electron chi connectivity index (χ2n) is 10.3. The van der Waals surface area contributed by atoms with E-state index >= 15 is 0 Å². The van der Waals surface area contributed by atoms with Crippen LogP contribution in [-0.4, -0.2) is 78.9 Å². The number of amides is 1. The standard InChI is InChI=1S/C32H36N4O5/c1-36(2)14-13-33-19-22-5-4-6-23(15-22)24-9-12-29-27(17-24)28(32(39)40)18-30(35-29)31(38)34-25(20-41-3)16-21-7-10-26(37)11-8-21/h4-12,15,17-18,25,33,37H,13-14,16,19-20H2,1-3H3,(H,34,38)(H,39,40)/t25-/m0/s1. The Kier molecular flexibility index (Phi) is 10.0.